The predicted octanol–water partition coefficient (Wildman–Crippen LogP) is 11.5. The van der Waals surface area contributed by atoms with Crippen LogP contribution in [0.4, 0.5) is 0 Å². The van der Waals surface area contributed by atoms with E-state index < -0.39 is 0 Å². The third-order valence-electron chi connectivity index (χ3n) is 10.5. The van der Waals surface area contributed by atoms with E-state index in [2.05, 4.69) is 128 Å². The van der Waals surface area contributed by atoms with Crippen molar-refractivity contribution in [3.05, 3.63) is 152 Å². The molecule has 0 saturated heterocycles. The van der Waals surface area contributed by atoms with Gasteiger partial charge in [0.1, 0.15) is 22.1 Å². The van der Waals surface area contributed by atoms with Crippen LogP contribution < -0.4 is 0 Å². The third kappa shape index (κ3) is 3.66. The van der Waals surface area contributed by atoms with Crippen molar-refractivity contribution in [1.82, 2.24) is 24.1 Å². The maximum absolute atomic E-state index is 6.63. The Kier molecular flexibility index (Phi) is 5.38. The monoisotopic (exact) mass is 667 g/mol. The van der Waals surface area contributed by atoms with Gasteiger partial charge < -0.3 is 18.0 Å². The van der Waals surface area contributed by atoms with E-state index in [0.29, 0.717) is 5.58 Å². The molecule has 0 aliphatic rings. The Hall–Kier alpha value is -7.25. The van der Waals surface area contributed by atoms with E-state index in [1.54, 1.807) is 6.20 Å². The fraction of sp³-hybridized carbons (Fsp3) is 0. The van der Waals surface area contributed by atoms with Crippen LogP contribution in [0.3, 0.4) is 0 Å². The molecular formula is C45H25N5O2. The molecule has 52 heavy (non-hydrogen) atoms. The molecule has 0 N–H and O–H groups in total. The minimum atomic E-state index is 0.716. The highest BCUT2D eigenvalue weighted by Gasteiger charge is 2.21. The van der Waals surface area contributed by atoms with E-state index in [1.807, 2.05) is 36.7 Å². The number of rotatable bonds is 3. The molecule has 0 bridgehead atoms. The fourth-order valence-electron chi connectivity index (χ4n) is 8.24. The Bertz CT molecular complexity index is 3380. The van der Waals surface area contributed by atoms with Gasteiger partial charge in [0.25, 0.3) is 0 Å². The largest absolute Gasteiger partial charge is 0.452 e. The van der Waals surface area contributed by atoms with Gasteiger partial charge in [-0.2, -0.15) is 0 Å². The summed E-state index contributed by atoms with van der Waals surface area (Å²) in [5.41, 5.74) is 13.9. The summed E-state index contributed by atoms with van der Waals surface area (Å²) in [6.45, 7) is 0. The van der Waals surface area contributed by atoms with Crippen LogP contribution >= 0.6 is 0 Å². The van der Waals surface area contributed by atoms with Crippen molar-refractivity contribution < 1.29 is 8.83 Å². The smallest absolute Gasteiger partial charge is 0.179 e. The maximum atomic E-state index is 6.63. The maximum Gasteiger partial charge on any atom is 0.179 e. The Morgan fingerprint density at radius 3 is 1.58 bits per heavy atom. The molecule has 0 radical (unpaired) electrons. The number of benzene rings is 5. The molecule has 0 aliphatic heterocycles. The van der Waals surface area contributed by atoms with Crippen molar-refractivity contribution in [1.29, 1.82) is 0 Å². The number of aromatic nitrogens is 5. The van der Waals surface area contributed by atoms with Crippen molar-refractivity contribution in [3.8, 4) is 22.5 Å². The summed E-state index contributed by atoms with van der Waals surface area (Å²) < 4.78 is 17.6. The predicted molar refractivity (Wildman–Crippen MR) is 208 cm³/mol. The average Bonchev–Trinajstić information content (AvgIpc) is 3.95. The van der Waals surface area contributed by atoms with Gasteiger partial charge in [-0.15, -0.1) is 0 Å². The van der Waals surface area contributed by atoms with Gasteiger partial charge in [0, 0.05) is 45.5 Å². The second-order valence-electron chi connectivity index (χ2n) is 13.2. The lowest BCUT2D eigenvalue weighted by Gasteiger charge is -2.09. The fourth-order valence-corrected chi connectivity index (χ4v) is 8.24. The second kappa shape index (κ2) is 10.2. The van der Waals surface area contributed by atoms with Crippen molar-refractivity contribution >= 4 is 87.9 Å². The standard InChI is InChI=1S/C45H25N5O2/c1-4-11-33-28(8-1)29-9-2-5-12-34(29)49(33)37-19-22-47-41-32-25-27(16-18-39(32)51-44(37)41)26-15-17-36-31(24-26)30-10-3-6-13-35(30)50(36)38-20-23-48-43-42-40(52-45(38)43)14-7-21-46-42/h1-25H. The molecule has 12 rings (SSSR count). The molecule has 7 aromatic heterocycles. The normalized spacial score (nSPS) is 12.2. The number of pyridine rings is 3. The zero-order chi connectivity index (χ0) is 33.9. The average molecular weight is 668 g/mol. The summed E-state index contributed by atoms with van der Waals surface area (Å²) in [5, 5.41) is 5.71. The zero-order valence-electron chi connectivity index (χ0n) is 27.5. The molecule has 242 valence electrons. The summed E-state index contributed by atoms with van der Waals surface area (Å²) in [6.07, 6.45) is 5.50. The van der Waals surface area contributed by atoms with E-state index in [9.17, 15) is 0 Å². The van der Waals surface area contributed by atoms with Crippen molar-refractivity contribution in [2.45, 2.75) is 0 Å². The third-order valence-corrected chi connectivity index (χ3v) is 10.5. The van der Waals surface area contributed by atoms with Gasteiger partial charge in [-0.05, 0) is 77.9 Å². The highest BCUT2D eigenvalue weighted by atomic mass is 16.3. The molecule has 0 fully saturated rings. The van der Waals surface area contributed by atoms with Crippen LogP contribution in [0, 0.1) is 0 Å². The lowest BCUT2D eigenvalue weighted by atomic mass is 10.0. The Labute approximate surface area is 294 Å². The zero-order valence-corrected chi connectivity index (χ0v) is 27.5. The van der Waals surface area contributed by atoms with Gasteiger partial charge in [0.15, 0.2) is 16.7 Å². The van der Waals surface area contributed by atoms with Crippen molar-refractivity contribution in [2.75, 3.05) is 0 Å². The van der Waals surface area contributed by atoms with E-state index >= 15 is 0 Å². The Morgan fingerprint density at radius 2 is 0.885 bits per heavy atom. The van der Waals surface area contributed by atoms with Gasteiger partial charge in [-0.1, -0.05) is 66.7 Å². The molecule has 7 nitrogen and oxygen atoms in total. The van der Waals surface area contributed by atoms with E-state index in [0.717, 1.165) is 94.0 Å². The molecule has 0 amide bonds. The van der Waals surface area contributed by atoms with Crippen LogP contribution in [-0.4, -0.2) is 24.1 Å². The number of hydrogen-bond donors (Lipinski definition) is 0. The van der Waals surface area contributed by atoms with E-state index in [-0.39, 0.29) is 0 Å². The van der Waals surface area contributed by atoms with Gasteiger partial charge in [-0.3, -0.25) is 15.0 Å². The second-order valence-corrected chi connectivity index (χ2v) is 13.2. The molecule has 7 heteroatoms. The van der Waals surface area contributed by atoms with E-state index in [4.69, 9.17) is 13.8 Å². The topological polar surface area (TPSA) is 74.8 Å². The van der Waals surface area contributed by atoms with Crippen molar-refractivity contribution in [2.24, 2.45) is 0 Å². The van der Waals surface area contributed by atoms with Crippen LogP contribution in [0.1, 0.15) is 0 Å². The molecular weight excluding hydrogens is 643 g/mol. The van der Waals surface area contributed by atoms with Gasteiger partial charge in [0.05, 0.1) is 33.4 Å². The van der Waals surface area contributed by atoms with Crippen LogP contribution in [0.5, 0.6) is 0 Å². The van der Waals surface area contributed by atoms with Crippen molar-refractivity contribution in [3.63, 3.8) is 0 Å². The van der Waals surface area contributed by atoms with E-state index in [1.165, 1.54) is 10.8 Å². The Morgan fingerprint density at radius 1 is 0.365 bits per heavy atom. The summed E-state index contributed by atoms with van der Waals surface area (Å²) >= 11 is 0. The quantitative estimate of drug-likeness (QED) is 0.187. The molecule has 0 spiro atoms. The van der Waals surface area contributed by atoms with Crippen LogP contribution in [0.2, 0.25) is 0 Å². The van der Waals surface area contributed by atoms with Gasteiger partial charge in [0.2, 0.25) is 0 Å². The molecule has 0 saturated carbocycles. The molecule has 0 unspecified atom stereocenters. The first-order valence-electron chi connectivity index (χ1n) is 17.3. The number of nitrogens with zero attached hydrogens (tertiary/aromatic N) is 5. The minimum absolute atomic E-state index is 0.716. The number of fused-ring (bicyclic) bond motifs is 12. The number of hydrogen-bond acceptors (Lipinski definition) is 5. The molecule has 5 aromatic carbocycles. The highest BCUT2D eigenvalue weighted by molar-refractivity contribution is 6.14. The highest BCUT2D eigenvalue weighted by Crippen LogP contribution is 2.41. The summed E-state index contributed by atoms with van der Waals surface area (Å²) in [7, 11) is 0. The molecule has 0 atom stereocenters. The minimum Gasteiger partial charge on any atom is -0.452 e. The lowest BCUT2D eigenvalue weighted by Crippen LogP contribution is -1.95. The van der Waals surface area contributed by atoms with Crippen LogP contribution in [0.15, 0.2) is 161 Å². The van der Waals surface area contributed by atoms with Gasteiger partial charge >= 0.3 is 0 Å². The first-order valence-corrected chi connectivity index (χ1v) is 17.3. The molecule has 12 aromatic rings. The lowest BCUT2D eigenvalue weighted by molar-refractivity contribution is 0.664. The SMILES string of the molecule is c1cnc2c(c1)oc1c(-n3c4ccccc4c4cc(-c5ccc6oc7c(-n8c9ccccc9c9ccccc98)ccnc7c6c5)ccc43)ccnc12. The number of para-hydroxylation sites is 3. The first-order chi connectivity index (χ1) is 25.8. The molecule has 0 aliphatic carbocycles. The van der Waals surface area contributed by atoms with Gasteiger partial charge in [-0.25, -0.2) is 0 Å². The summed E-state index contributed by atoms with van der Waals surface area (Å²) in [4.78, 5) is 14.1. The number of furan rings is 2. The van der Waals surface area contributed by atoms with Crippen LogP contribution in [-0.2, 0) is 0 Å². The molecule has 7 heterocycles. The Balaban J connectivity index is 1.05. The van der Waals surface area contributed by atoms with Crippen LogP contribution in [0.25, 0.3) is 110 Å². The summed E-state index contributed by atoms with van der Waals surface area (Å²) in [5.74, 6) is 0. The summed E-state index contributed by atoms with van der Waals surface area (Å²) in [6, 6.07) is 46.5. The first kappa shape index (κ1) is 27.6.